The summed E-state index contributed by atoms with van der Waals surface area (Å²) in [4.78, 5) is 26.5. The van der Waals surface area contributed by atoms with E-state index in [0.717, 1.165) is 42.3 Å². The van der Waals surface area contributed by atoms with Crippen molar-refractivity contribution in [2.45, 2.75) is 31.2 Å². The van der Waals surface area contributed by atoms with Gasteiger partial charge in [0, 0.05) is 36.9 Å². The van der Waals surface area contributed by atoms with Crippen molar-refractivity contribution in [1.82, 2.24) is 14.9 Å². The van der Waals surface area contributed by atoms with Crippen LogP contribution in [0.15, 0.2) is 35.5 Å². The molecular formula is C20H24ClN5OS2. The lowest BCUT2D eigenvalue weighted by molar-refractivity contribution is -0.131. The fourth-order valence-corrected chi connectivity index (χ4v) is 5.29. The predicted octanol–water partition coefficient (Wildman–Crippen LogP) is 3.97. The fraction of sp³-hybridized carbons (Fsp3) is 0.450. The van der Waals surface area contributed by atoms with Gasteiger partial charge in [-0.1, -0.05) is 60.6 Å². The highest BCUT2D eigenvalue weighted by molar-refractivity contribution is 7.99. The summed E-state index contributed by atoms with van der Waals surface area (Å²) >= 11 is 9.97. The number of amides is 1. The van der Waals surface area contributed by atoms with Crippen LogP contribution in [0.2, 0.25) is 5.15 Å². The zero-order valence-corrected chi connectivity index (χ0v) is 18.7. The van der Waals surface area contributed by atoms with E-state index in [2.05, 4.69) is 29.4 Å². The van der Waals surface area contributed by atoms with E-state index >= 15 is 0 Å². The molecular weight excluding hydrogens is 426 g/mol. The number of fused-ring (bicyclic) bond motifs is 1. The number of nitrogens with one attached hydrogen (secondary N) is 1. The molecule has 3 heterocycles. The minimum atomic E-state index is -0.522. The van der Waals surface area contributed by atoms with Crippen LogP contribution < -0.4 is 10.2 Å². The molecule has 1 amide bonds. The van der Waals surface area contributed by atoms with Crippen molar-refractivity contribution in [3.05, 3.63) is 41.0 Å². The van der Waals surface area contributed by atoms with Gasteiger partial charge in [0.2, 0.25) is 0 Å². The Morgan fingerprint density at radius 1 is 1.28 bits per heavy atom. The Hall–Kier alpha value is -1.64. The first-order valence-corrected chi connectivity index (χ1v) is 12.3. The van der Waals surface area contributed by atoms with Gasteiger partial charge in [-0.05, 0) is 12.0 Å². The number of benzene rings is 1. The second-order valence-electron chi connectivity index (χ2n) is 6.94. The summed E-state index contributed by atoms with van der Waals surface area (Å²) in [6, 6.07) is 10.1. The maximum Gasteiger partial charge on any atom is 0.266 e. The third-order valence-corrected chi connectivity index (χ3v) is 7.15. The van der Waals surface area contributed by atoms with Crippen LogP contribution in [0, 0.1) is 0 Å². The Morgan fingerprint density at radius 3 is 2.76 bits per heavy atom. The van der Waals surface area contributed by atoms with E-state index in [1.54, 1.807) is 11.8 Å². The molecule has 1 N–H and O–H groups in total. The third kappa shape index (κ3) is 4.59. The van der Waals surface area contributed by atoms with E-state index in [9.17, 15) is 4.79 Å². The van der Waals surface area contributed by atoms with Crippen molar-refractivity contribution < 1.29 is 4.79 Å². The molecule has 1 aromatic carbocycles. The molecule has 9 heteroatoms. The molecule has 154 valence electrons. The quantitative estimate of drug-likeness (QED) is 0.406. The molecule has 1 fully saturated rings. The van der Waals surface area contributed by atoms with Crippen LogP contribution in [0.4, 0.5) is 11.5 Å². The average molecular weight is 450 g/mol. The van der Waals surface area contributed by atoms with Gasteiger partial charge in [0.15, 0.2) is 22.3 Å². The smallest absolute Gasteiger partial charge is 0.266 e. The van der Waals surface area contributed by atoms with E-state index < -0.39 is 6.17 Å². The van der Waals surface area contributed by atoms with Crippen molar-refractivity contribution in [3.63, 3.8) is 0 Å². The molecule has 2 aromatic rings. The number of hydrogen-bond donors (Lipinski definition) is 1. The largest absolute Gasteiger partial charge is 0.352 e. The predicted molar refractivity (Wildman–Crippen MR) is 122 cm³/mol. The van der Waals surface area contributed by atoms with Gasteiger partial charge in [-0.3, -0.25) is 4.79 Å². The van der Waals surface area contributed by atoms with Crippen LogP contribution in [0.1, 0.15) is 18.9 Å². The van der Waals surface area contributed by atoms with Gasteiger partial charge in [0.25, 0.3) is 5.91 Å². The average Bonchev–Trinajstić information content (AvgIpc) is 3.12. The monoisotopic (exact) mass is 449 g/mol. The van der Waals surface area contributed by atoms with Gasteiger partial charge in [-0.2, -0.15) is 11.8 Å². The fourth-order valence-electron chi connectivity index (χ4n) is 3.43. The number of hydrogen-bond acceptors (Lipinski definition) is 7. The Balaban J connectivity index is 1.67. The summed E-state index contributed by atoms with van der Waals surface area (Å²) in [5.41, 5.74) is 1.76. The van der Waals surface area contributed by atoms with E-state index in [-0.39, 0.29) is 5.91 Å². The minimum Gasteiger partial charge on any atom is -0.352 e. The lowest BCUT2D eigenvalue weighted by atomic mass is 10.2. The summed E-state index contributed by atoms with van der Waals surface area (Å²) in [5, 5.41) is 4.34. The summed E-state index contributed by atoms with van der Waals surface area (Å²) < 4.78 is 0. The number of halogens is 1. The molecule has 2 aliphatic rings. The number of nitrogens with zero attached hydrogens (tertiary/aromatic N) is 4. The Morgan fingerprint density at radius 2 is 2.03 bits per heavy atom. The zero-order chi connectivity index (χ0) is 20.2. The zero-order valence-electron chi connectivity index (χ0n) is 16.3. The first kappa shape index (κ1) is 20.6. The van der Waals surface area contributed by atoms with Gasteiger partial charge < -0.3 is 15.1 Å². The topological polar surface area (TPSA) is 61.4 Å². The maximum atomic E-state index is 13.4. The van der Waals surface area contributed by atoms with Crippen molar-refractivity contribution in [1.29, 1.82) is 0 Å². The van der Waals surface area contributed by atoms with Gasteiger partial charge >= 0.3 is 0 Å². The highest BCUT2D eigenvalue weighted by atomic mass is 35.5. The van der Waals surface area contributed by atoms with Gasteiger partial charge in [-0.15, -0.1) is 0 Å². The van der Waals surface area contributed by atoms with Crippen molar-refractivity contribution in [2.24, 2.45) is 0 Å². The molecule has 29 heavy (non-hydrogen) atoms. The number of carbonyl (C=O) groups is 1. The molecule has 1 unspecified atom stereocenters. The maximum absolute atomic E-state index is 13.4. The summed E-state index contributed by atoms with van der Waals surface area (Å²) in [6.07, 6.45) is 0.509. The number of rotatable bonds is 6. The van der Waals surface area contributed by atoms with Gasteiger partial charge in [0.1, 0.15) is 5.69 Å². The molecule has 0 spiro atoms. The van der Waals surface area contributed by atoms with Crippen LogP contribution in [0.25, 0.3) is 0 Å². The molecule has 0 aliphatic carbocycles. The third-order valence-electron chi connectivity index (χ3n) is 4.88. The molecule has 2 aliphatic heterocycles. The summed E-state index contributed by atoms with van der Waals surface area (Å²) in [5.74, 6) is 3.65. The first-order valence-electron chi connectivity index (χ1n) is 9.81. The van der Waals surface area contributed by atoms with Gasteiger partial charge in [0.05, 0.1) is 0 Å². The van der Waals surface area contributed by atoms with E-state index in [0.29, 0.717) is 28.4 Å². The molecule has 0 saturated carbocycles. The second kappa shape index (κ2) is 9.45. The highest BCUT2D eigenvalue weighted by Crippen LogP contribution is 2.40. The molecule has 1 aromatic heterocycles. The lowest BCUT2D eigenvalue weighted by Crippen LogP contribution is -2.52. The molecule has 4 rings (SSSR count). The Bertz CT molecular complexity index is 863. The SMILES string of the molecule is CCCSc1nc(Cl)c2c(n1)N(Cc1ccccc1)C(C(=O)N1CCSCC1)N2. The number of thioether (sulfide) groups is 2. The standard InChI is InChI=1S/C20H24ClN5OS2/c1-2-10-29-20-23-16(21)15-17(24-20)26(13-14-6-4-3-5-7-14)18(22-15)19(27)25-8-11-28-12-9-25/h3-7,18,22H,2,8-13H2,1H3. The van der Waals surface area contributed by atoms with E-state index in [1.807, 2.05) is 39.8 Å². The van der Waals surface area contributed by atoms with Crippen LogP contribution in [0.5, 0.6) is 0 Å². The summed E-state index contributed by atoms with van der Waals surface area (Å²) in [7, 11) is 0. The second-order valence-corrected chi connectivity index (χ2v) is 9.59. The van der Waals surface area contributed by atoms with E-state index in [1.165, 1.54) is 0 Å². The molecule has 6 nitrogen and oxygen atoms in total. The van der Waals surface area contributed by atoms with Crippen molar-refractivity contribution in [3.8, 4) is 0 Å². The number of carbonyl (C=O) groups excluding carboxylic acids is 1. The van der Waals surface area contributed by atoms with Crippen LogP contribution in [-0.4, -0.2) is 57.3 Å². The Labute approximate surface area is 184 Å². The molecule has 0 bridgehead atoms. The van der Waals surface area contributed by atoms with Crippen molar-refractivity contribution >= 4 is 52.5 Å². The summed E-state index contributed by atoms with van der Waals surface area (Å²) in [6.45, 7) is 4.24. The molecule has 1 saturated heterocycles. The molecule has 0 radical (unpaired) electrons. The van der Waals surface area contributed by atoms with E-state index in [4.69, 9.17) is 16.6 Å². The number of anilines is 2. The minimum absolute atomic E-state index is 0.0676. The van der Waals surface area contributed by atoms with Crippen molar-refractivity contribution in [2.75, 3.05) is 40.6 Å². The molecule has 1 atom stereocenters. The normalized spacial score (nSPS) is 18.5. The number of aromatic nitrogens is 2. The van der Waals surface area contributed by atoms with Crippen LogP contribution >= 0.6 is 35.1 Å². The first-order chi connectivity index (χ1) is 14.2. The Kier molecular flexibility index (Phi) is 6.72. The van der Waals surface area contributed by atoms with Gasteiger partial charge in [-0.25, -0.2) is 9.97 Å². The lowest BCUT2D eigenvalue weighted by Gasteiger charge is -2.32. The highest BCUT2D eigenvalue weighted by Gasteiger charge is 2.39. The van der Waals surface area contributed by atoms with Crippen LogP contribution in [0.3, 0.4) is 0 Å². The van der Waals surface area contributed by atoms with Crippen LogP contribution in [-0.2, 0) is 11.3 Å².